The highest BCUT2D eigenvalue weighted by molar-refractivity contribution is 5.77. The Bertz CT molecular complexity index is 875. The summed E-state index contributed by atoms with van der Waals surface area (Å²) in [6.07, 6.45) is 5.52. The van der Waals surface area contributed by atoms with Crippen molar-refractivity contribution in [1.82, 2.24) is 0 Å². The predicted molar refractivity (Wildman–Crippen MR) is 114 cm³/mol. The summed E-state index contributed by atoms with van der Waals surface area (Å²) in [5.41, 5.74) is 4.56. The first-order valence-corrected chi connectivity index (χ1v) is 9.38. The number of ketones is 1. The molecule has 0 heterocycles. The topological polar surface area (TPSA) is 35.5 Å². The number of benzene rings is 2. The molecular weight excluding hydrogens is 348 g/mol. The monoisotopic (exact) mass is 376 g/mol. The zero-order chi connectivity index (χ0) is 20.4. The van der Waals surface area contributed by atoms with Gasteiger partial charge in [0.25, 0.3) is 0 Å². The molecule has 0 aliphatic carbocycles. The van der Waals surface area contributed by atoms with Crippen LogP contribution < -0.4 is 0 Å². The van der Waals surface area contributed by atoms with Crippen LogP contribution >= 0.6 is 0 Å². The quantitative estimate of drug-likeness (QED) is 0.378. The summed E-state index contributed by atoms with van der Waals surface area (Å²) in [5.74, 6) is 1.27. The molecule has 0 saturated heterocycles. The lowest BCUT2D eigenvalue weighted by Gasteiger charge is -2.12. The van der Waals surface area contributed by atoms with Crippen LogP contribution in [0.2, 0.25) is 0 Å². The molecule has 0 spiro atoms. The maximum absolute atomic E-state index is 11.4. The lowest BCUT2D eigenvalue weighted by molar-refractivity contribution is -0.116. The van der Waals surface area contributed by atoms with Crippen LogP contribution in [0, 0.1) is 13.8 Å². The van der Waals surface area contributed by atoms with Crippen LogP contribution in [0.4, 0.5) is 0 Å². The van der Waals surface area contributed by atoms with Crippen molar-refractivity contribution in [2.24, 2.45) is 0 Å². The Kier molecular flexibility index (Phi) is 8.29. The average Bonchev–Trinajstić information content (AvgIpc) is 2.68. The number of aryl methyl sites for hydroxylation is 2. The third kappa shape index (κ3) is 6.92. The van der Waals surface area contributed by atoms with E-state index in [1.165, 1.54) is 5.56 Å². The molecule has 28 heavy (non-hydrogen) atoms. The van der Waals surface area contributed by atoms with Crippen molar-refractivity contribution in [2.75, 3.05) is 0 Å². The minimum absolute atomic E-state index is 0.0753. The van der Waals surface area contributed by atoms with Gasteiger partial charge in [0.2, 0.25) is 0 Å². The SMILES string of the molecule is C=C/C(=C\C(=C/CC(C)=O)OCc1ccccc1C)OCc1ccccc1C. The van der Waals surface area contributed by atoms with Gasteiger partial charge in [0.15, 0.2) is 0 Å². The second-order valence-electron chi connectivity index (χ2n) is 6.69. The molecule has 2 rings (SSSR count). The highest BCUT2D eigenvalue weighted by atomic mass is 16.5. The highest BCUT2D eigenvalue weighted by Gasteiger charge is 2.04. The Morgan fingerprint density at radius 3 is 1.86 bits per heavy atom. The highest BCUT2D eigenvalue weighted by Crippen LogP contribution is 2.16. The zero-order valence-corrected chi connectivity index (χ0v) is 16.9. The molecule has 0 amide bonds. The Morgan fingerprint density at radius 1 is 0.893 bits per heavy atom. The standard InChI is InChI=1S/C25H28O3/c1-5-24(27-17-22-12-8-6-10-19(22)2)16-25(15-14-21(4)26)28-18-23-13-9-7-11-20(23)3/h5-13,15-16H,1,14,17-18H2,2-4H3/b24-16+,25-15+. The molecular formula is C25H28O3. The summed E-state index contributed by atoms with van der Waals surface area (Å²) in [6, 6.07) is 16.2. The zero-order valence-electron chi connectivity index (χ0n) is 16.9. The largest absolute Gasteiger partial charge is 0.489 e. The fourth-order valence-corrected chi connectivity index (χ4v) is 2.57. The van der Waals surface area contributed by atoms with Crippen LogP contribution in [0.3, 0.4) is 0 Å². The van der Waals surface area contributed by atoms with Gasteiger partial charge >= 0.3 is 0 Å². The van der Waals surface area contributed by atoms with E-state index in [9.17, 15) is 4.79 Å². The predicted octanol–water partition coefficient (Wildman–Crippen LogP) is 5.97. The number of Topliss-reactive ketones (excluding diaryl/α,β-unsaturated/α-hetero) is 1. The first kappa shape index (κ1) is 21.2. The Morgan fingerprint density at radius 2 is 1.39 bits per heavy atom. The number of carbonyl (C=O) groups excluding carboxylic acids is 1. The van der Waals surface area contributed by atoms with Crippen molar-refractivity contribution >= 4 is 5.78 Å². The molecule has 0 aliphatic rings. The molecule has 3 nitrogen and oxygen atoms in total. The normalized spacial score (nSPS) is 11.8. The van der Waals surface area contributed by atoms with Gasteiger partial charge in [0, 0.05) is 12.5 Å². The summed E-state index contributed by atoms with van der Waals surface area (Å²) in [5, 5.41) is 0. The van der Waals surface area contributed by atoms with Crippen LogP contribution in [0.15, 0.2) is 84.9 Å². The number of carbonyl (C=O) groups is 1. The van der Waals surface area contributed by atoms with Crippen molar-refractivity contribution in [3.8, 4) is 0 Å². The fraction of sp³-hybridized carbons (Fsp3) is 0.240. The van der Waals surface area contributed by atoms with Crippen LogP contribution in [0.1, 0.15) is 35.6 Å². The second kappa shape index (κ2) is 10.9. The van der Waals surface area contributed by atoms with Gasteiger partial charge in [-0.25, -0.2) is 0 Å². The van der Waals surface area contributed by atoms with Crippen molar-refractivity contribution in [3.05, 3.63) is 107 Å². The second-order valence-corrected chi connectivity index (χ2v) is 6.69. The molecule has 0 radical (unpaired) electrons. The third-order valence-corrected chi connectivity index (χ3v) is 4.39. The van der Waals surface area contributed by atoms with E-state index in [1.807, 2.05) is 49.4 Å². The van der Waals surface area contributed by atoms with Gasteiger partial charge in [0.05, 0.1) is 0 Å². The van der Waals surface area contributed by atoms with Crippen molar-refractivity contribution in [1.29, 1.82) is 0 Å². The average molecular weight is 376 g/mol. The molecule has 0 unspecified atom stereocenters. The van der Waals surface area contributed by atoms with Gasteiger partial charge in [0.1, 0.15) is 30.5 Å². The van der Waals surface area contributed by atoms with Gasteiger partial charge in [-0.1, -0.05) is 55.1 Å². The van der Waals surface area contributed by atoms with Gasteiger partial charge < -0.3 is 9.47 Å². The van der Waals surface area contributed by atoms with Crippen LogP contribution in [0.5, 0.6) is 0 Å². The molecule has 0 aromatic heterocycles. The summed E-state index contributed by atoms with van der Waals surface area (Å²) >= 11 is 0. The molecule has 0 bridgehead atoms. The minimum Gasteiger partial charge on any atom is -0.489 e. The molecule has 2 aromatic rings. The maximum atomic E-state index is 11.4. The van der Waals surface area contributed by atoms with Gasteiger partial charge in [-0.15, -0.1) is 0 Å². The molecule has 3 heteroatoms. The summed E-state index contributed by atoms with van der Waals surface area (Å²) in [6.45, 7) is 10.4. The third-order valence-electron chi connectivity index (χ3n) is 4.39. The first-order chi connectivity index (χ1) is 13.5. The Hall–Kier alpha value is -3.07. The molecule has 146 valence electrons. The molecule has 0 atom stereocenters. The Labute approximate surface area is 168 Å². The van der Waals surface area contributed by atoms with Crippen LogP contribution in [-0.2, 0) is 27.5 Å². The van der Waals surface area contributed by atoms with Crippen molar-refractivity contribution < 1.29 is 14.3 Å². The van der Waals surface area contributed by atoms with E-state index < -0.39 is 0 Å². The lowest BCUT2D eigenvalue weighted by Crippen LogP contribution is -1.99. The molecule has 0 fully saturated rings. The molecule has 0 saturated carbocycles. The van der Waals surface area contributed by atoms with Crippen molar-refractivity contribution in [2.45, 2.75) is 40.4 Å². The number of allylic oxidation sites excluding steroid dienone is 3. The first-order valence-electron chi connectivity index (χ1n) is 9.38. The van der Waals surface area contributed by atoms with Gasteiger partial charge in [-0.3, -0.25) is 4.79 Å². The Balaban J connectivity index is 2.12. The molecule has 0 aliphatic heterocycles. The smallest absolute Gasteiger partial charge is 0.133 e. The van der Waals surface area contributed by atoms with E-state index >= 15 is 0 Å². The summed E-state index contributed by atoms with van der Waals surface area (Å²) in [7, 11) is 0. The fourth-order valence-electron chi connectivity index (χ4n) is 2.57. The van der Waals surface area contributed by atoms with E-state index in [0.717, 1.165) is 16.7 Å². The summed E-state index contributed by atoms with van der Waals surface area (Å²) in [4.78, 5) is 11.4. The minimum atomic E-state index is 0.0753. The van der Waals surface area contributed by atoms with Gasteiger partial charge in [-0.2, -0.15) is 0 Å². The van der Waals surface area contributed by atoms with Crippen LogP contribution in [-0.4, -0.2) is 5.78 Å². The van der Waals surface area contributed by atoms with Crippen LogP contribution in [0.25, 0.3) is 0 Å². The van der Waals surface area contributed by atoms with Gasteiger partial charge in [-0.05, 0) is 55.2 Å². The number of hydrogen-bond donors (Lipinski definition) is 0. The number of hydrogen-bond acceptors (Lipinski definition) is 3. The van der Waals surface area contributed by atoms with E-state index in [4.69, 9.17) is 9.47 Å². The summed E-state index contributed by atoms with van der Waals surface area (Å²) < 4.78 is 11.9. The van der Waals surface area contributed by atoms with E-state index in [2.05, 4.69) is 19.6 Å². The van der Waals surface area contributed by atoms with Crippen molar-refractivity contribution in [3.63, 3.8) is 0 Å². The number of rotatable bonds is 10. The lowest BCUT2D eigenvalue weighted by atomic mass is 10.1. The number of ether oxygens (including phenoxy) is 2. The molecule has 0 N–H and O–H groups in total. The van der Waals surface area contributed by atoms with E-state index in [0.29, 0.717) is 31.2 Å². The van der Waals surface area contributed by atoms with E-state index in [1.54, 1.807) is 25.2 Å². The maximum Gasteiger partial charge on any atom is 0.133 e. The molecule has 2 aromatic carbocycles. The van der Waals surface area contributed by atoms with E-state index in [-0.39, 0.29) is 5.78 Å².